The first kappa shape index (κ1) is 16.2. The summed E-state index contributed by atoms with van der Waals surface area (Å²) in [6.45, 7) is 8.50. The Balaban J connectivity index is 3.91. The van der Waals surface area contributed by atoms with Gasteiger partial charge in [0.25, 0.3) is 0 Å². The summed E-state index contributed by atoms with van der Waals surface area (Å²) in [5.41, 5.74) is 0. The average Bonchev–Trinajstić information content (AvgIpc) is 2.27. The van der Waals surface area contributed by atoms with Gasteiger partial charge >= 0.3 is 0 Å². The van der Waals surface area contributed by atoms with Crippen LogP contribution in [-0.4, -0.2) is 37.0 Å². The fourth-order valence-electron chi connectivity index (χ4n) is 2.26. The van der Waals surface area contributed by atoms with Crippen molar-refractivity contribution in [2.45, 2.75) is 58.8 Å². The number of quaternary nitrogens is 1. The number of hydrogen-bond donors (Lipinski definition) is 0. The third kappa shape index (κ3) is 8.41. The van der Waals surface area contributed by atoms with Crippen molar-refractivity contribution in [2.24, 2.45) is 0 Å². The van der Waals surface area contributed by atoms with Crippen LogP contribution in [0.2, 0.25) is 0 Å². The Hall–Kier alpha value is 0.250. The number of rotatable bonds is 11. The topological polar surface area (TPSA) is 0 Å². The Kier molecular flexibility index (Phi) is 10.6. The first-order chi connectivity index (χ1) is 7.68. The van der Waals surface area contributed by atoms with Crippen LogP contribution in [0, 0.1) is 0 Å². The number of halogens is 1. The highest BCUT2D eigenvalue weighted by molar-refractivity contribution is 6.17. The molecule has 0 saturated heterocycles. The number of nitrogens with zero attached hydrogens (tertiary/aromatic N) is 1. The van der Waals surface area contributed by atoms with Crippen molar-refractivity contribution in [3.63, 3.8) is 0 Å². The summed E-state index contributed by atoms with van der Waals surface area (Å²) >= 11 is 5.82. The second-order valence-corrected chi connectivity index (χ2v) is 5.63. The molecular formula is C14H31ClN+. The molecule has 0 aliphatic heterocycles. The lowest BCUT2D eigenvalue weighted by Gasteiger charge is -2.35. The minimum absolute atomic E-state index is 0.815. The third-order valence-corrected chi connectivity index (χ3v) is 3.70. The van der Waals surface area contributed by atoms with Crippen LogP contribution in [0.1, 0.15) is 58.8 Å². The van der Waals surface area contributed by atoms with Crippen molar-refractivity contribution in [2.75, 3.05) is 32.6 Å². The van der Waals surface area contributed by atoms with E-state index in [2.05, 4.69) is 20.9 Å². The Labute approximate surface area is 108 Å². The van der Waals surface area contributed by atoms with Crippen LogP contribution >= 0.6 is 11.6 Å². The van der Waals surface area contributed by atoms with Crippen molar-refractivity contribution in [1.82, 2.24) is 0 Å². The molecule has 0 unspecified atom stereocenters. The highest BCUT2D eigenvalue weighted by Gasteiger charge is 2.19. The van der Waals surface area contributed by atoms with Crippen molar-refractivity contribution in [3.05, 3.63) is 0 Å². The molecule has 0 saturated carbocycles. The summed E-state index contributed by atoms with van der Waals surface area (Å²) in [4.78, 5) is 0. The van der Waals surface area contributed by atoms with Gasteiger partial charge in [-0.3, -0.25) is 0 Å². The predicted octanol–water partition coefficient (Wildman–Crippen LogP) is 4.44. The predicted molar refractivity (Wildman–Crippen MR) is 75.2 cm³/mol. The second kappa shape index (κ2) is 10.4. The van der Waals surface area contributed by atoms with Crippen LogP contribution < -0.4 is 0 Å². The Morgan fingerprint density at radius 1 is 0.750 bits per heavy atom. The lowest BCUT2D eigenvalue weighted by Crippen LogP contribution is -2.46. The summed E-state index contributed by atoms with van der Waals surface area (Å²) in [6, 6.07) is 0. The summed E-state index contributed by atoms with van der Waals surface area (Å²) in [5, 5.41) is 0. The molecule has 2 heteroatoms. The largest absolute Gasteiger partial charge is 0.326 e. The van der Waals surface area contributed by atoms with Gasteiger partial charge in [0.15, 0.2) is 0 Å². The molecule has 0 aromatic carbocycles. The molecule has 0 atom stereocenters. The number of unbranched alkanes of at least 4 members (excludes halogenated alkanes) is 4. The molecular weight excluding hydrogens is 218 g/mol. The van der Waals surface area contributed by atoms with E-state index >= 15 is 0 Å². The van der Waals surface area contributed by atoms with Crippen LogP contribution in [0.15, 0.2) is 0 Å². The van der Waals surface area contributed by atoms with Crippen molar-refractivity contribution in [3.8, 4) is 0 Å². The summed E-state index contributed by atoms with van der Waals surface area (Å²) in [7, 11) is 2.41. The van der Waals surface area contributed by atoms with E-state index in [1.807, 2.05) is 0 Å². The first-order valence-corrected chi connectivity index (χ1v) is 7.61. The van der Waals surface area contributed by atoms with E-state index in [-0.39, 0.29) is 0 Å². The monoisotopic (exact) mass is 248 g/mol. The van der Waals surface area contributed by atoms with Gasteiger partial charge in [-0.05, 0) is 25.7 Å². The zero-order chi connectivity index (χ0) is 12.3. The number of alkyl halides is 1. The molecule has 0 bridgehead atoms. The molecule has 0 aliphatic rings. The van der Waals surface area contributed by atoms with Crippen molar-refractivity contribution >= 4 is 11.6 Å². The first-order valence-electron chi connectivity index (χ1n) is 7.08. The van der Waals surface area contributed by atoms with Crippen molar-refractivity contribution < 1.29 is 4.48 Å². The molecule has 0 amide bonds. The SMILES string of the molecule is CCCCC[N+](C)(CCCCl)CCCCC. The maximum Gasteiger partial charge on any atom is 0.0796 e. The van der Waals surface area contributed by atoms with Gasteiger partial charge < -0.3 is 4.48 Å². The zero-order valence-electron chi connectivity index (χ0n) is 11.6. The maximum atomic E-state index is 5.82. The molecule has 1 nitrogen and oxygen atoms in total. The highest BCUT2D eigenvalue weighted by Crippen LogP contribution is 2.12. The quantitative estimate of drug-likeness (QED) is 0.288. The molecule has 0 radical (unpaired) electrons. The van der Waals surface area contributed by atoms with Crippen molar-refractivity contribution in [1.29, 1.82) is 0 Å². The fraction of sp³-hybridized carbons (Fsp3) is 1.00. The van der Waals surface area contributed by atoms with E-state index in [0.29, 0.717) is 0 Å². The zero-order valence-corrected chi connectivity index (χ0v) is 12.4. The van der Waals surface area contributed by atoms with Crippen LogP contribution in [0.4, 0.5) is 0 Å². The maximum absolute atomic E-state index is 5.82. The summed E-state index contributed by atoms with van der Waals surface area (Å²) in [5.74, 6) is 0.815. The van der Waals surface area contributed by atoms with Gasteiger partial charge in [0.1, 0.15) is 0 Å². The van der Waals surface area contributed by atoms with Gasteiger partial charge in [-0.25, -0.2) is 0 Å². The van der Waals surface area contributed by atoms with Crippen LogP contribution in [0.3, 0.4) is 0 Å². The Bertz CT molecular complexity index is 138. The van der Waals surface area contributed by atoms with E-state index in [1.165, 1.54) is 62.6 Å². The minimum Gasteiger partial charge on any atom is -0.326 e. The van der Waals surface area contributed by atoms with Gasteiger partial charge in [0.2, 0.25) is 0 Å². The van der Waals surface area contributed by atoms with Gasteiger partial charge in [-0.2, -0.15) is 0 Å². The molecule has 0 N–H and O–H groups in total. The molecule has 0 heterocycles. The normalized spacial score (nSPS) is 12.0. The van der Waals surface area contributed by atoms with E-state index < -0.39 is 0 Å². The van der Waals surface area contributed by atoms with Gasteiger partial charge in [0, 0.05) is 12.3 Å². The molecule has 0 aromatic rings. The summed E-state index contributed by atoms with van der Waals surface area (Å²) in [6.07, 6.45) is 9.32. The second-order valence-electron chi connectivity index (χ2n) is 5.25. The molecule has 0 fully saturated rings. The van der Waals surface area contributed by atoms with Crippen LogP contribution in [-0.2, 0) is 0 Å². The lowest BCUT2D eigenvalue weighted by molar-refractivity contribution is -0.910. The standard InChI is InChI=1S/C14H31ClN/c1-4-6-8-12-16(3,14-10-11-15)13-9-7-5-2/h4-14H2,1-3H3/q+1. The summed E-state index contributed by atoms with van der Waals surface area (Å²) < 4.78 is 1.24. The Morgan fingerprint density at radius 3 is 1.56 bits per heavy atom. The third-order valence-electron chi connectivity index (χ3n) is 3.43. The Morgan fingerprint density at radius 2 is 1.19 bits per heavy atom. The molecule has 0 aliphatic carbocycles. The molecule has 0 rings (SSSR count). The van der Waals surface area contributed by atoms with E-state index in [4.69, 9.17) is 11.6 Å². The molecule has 16 heavy (non-hydrogen) atoms. The number of hydrogen-bond acceptors (Lipinski definition) is 0. The van der Waals surface area contributed by atoms with Crippen LogP contribution in [0.25, 0.3) is 0 Å². The fourth-order valence-corrected chi connectivity index (χ4v) is 2.38. The minimum atomic E-state index is 0.815. The molecule has 0 spiro atoms. The van der Waals surface area contributed by atoms with E-state index in [1.54, 1.807) is 0 Å². The van der Waals surface area contributed by atoms with Gasteiger partial charge in [-0.1, -0.05) is 26.7 Å². The smallest absolute Gasteiger partial charge is 0.0796 e. The van der Waals surface area contributed by atoms with Gasteiger partial charge in [-0.15, -0.1) is 11.6 Å². The molecule has 98 valence electrons. The average molecular weight is 249 g/mol. The highest BCUT2D eigenvalue weighted by atomic mass is 35.5. The lowest BCUT2D eigenvalue weighted by atomic mass is 10.1. The van der Waals surface area contributed by atoms with E-state index in [9.17, 15) is 0 Å². The van der Waals surface area contributed by atoms with Crippen LogP contribution in [0.5, 0.6) is 0 Å². The van der Waals surface area contributed by atoms with E-state index in [0.717, 1.165) is 12.3 Å². The van der Waals surface area contributed by atoms with Gasteiger partial charge in [0.05, 0.1) is 26.7 Å². The molecule has 0 aromatic heterocycles.